The zero-order valence-corrected chi connectivity index (χ0v) is 12.4. The molecule has 0 unspecified atom stereocenters. The van der Waals surface area contributed by atoms with Crippen LogP contribution < -0.4 is 0 Å². The molecule has 0 aliphatic heterocycles. The van der Waals surface area contributed by atoms with Crippen LogP contribution in [-0.2, 0) is 5.75 Å². The Kier molecular flexibility index (Phi) is 4.34. The molecule has 6 heteroatoms. The Balaban J connectivity index is 2.13. The number of carboxylic acid groups (broad SMARTS) is 1. The molecular formula is C14H15N3O2S. The van der Waals surface area contributed by atoms with Crippen LogP contribution in [0.15, 0.2) is 23.4 Å². The van der Waals surface area contributed by atoms with E-state index in [2.05, 4.69) is 15.0 Å². The Morgan fingerprint density at radius 1 is 1.15 bits per heavy atom. The molecule has 0 aliphatic rings. The maximum atomic E-state index is 10.9. The van der Waals surface area contributed by atoms with Gasteiger partial charge in [-0.1, -0.05) is 17.8 Å². The van der Waals surface area contributed by atoms with Crippen molar-refractivity contribution in [3.05, 3.63) is 46.5 Å². The highest BCUT2D eigenvalue weighted by atomic mass is 32.2. The lowest BCUT2D eigenvalue weighted by molar-refractivity contribution is 0.0690. The Labute approximate surface area is 121 Å². The Morgan fingerprint density at radius 3 is 2.40 bits per heavy atom. The topological polar surface area (TPSA) is 76.0 Å². The van der Waals surface area contributed by atoms with Crippen molar-refractivity contribution in [3.63, 3.8) is 0 Å². The third-order valence-electron chi connectivity index (χ3n) is 2.99. The van der Waals surface area contributed by atoms with Gasteiger partial charge in [0, 0.05) is 17.1 Å². The second-order valence-corrected chi connectivity index (χ2v) is 5.35. The number of aromatic nitrogens is 3. The highest BCUT2D eigenvalue weighted by Crippen LogP contribution is 2.20. The lowest BCUT2D eigenvalue weighted by Crippen LogP contribution is -2.02. The fourth-order valence-electron chi connectivity index (χ4n) is 1.62. The molecule has 0 spiro atoms. The molecule has 0 bridgehead atoms. The second-order valence-electron chi connectivity index (χ2n) is 4.41. The van der Waals surface area contributed by atoms with Crippen molar-refractivity contribution in [2.75, 3.05) is 0 Å². The third kappa shape index (κ3) is 3.33. The van der Waals surface area contributed by atoms with Gasteiger partial charge in [0.15, 0.2) is 5.16 Å². The van der Waals surface area contributed by atoms with E-state index >= 15 is 0 Å². The lowest BCUT2D eigenvalue weighted by atomic mass is 10.2. The van der Waals surface area contributed by atoms with Crippen molar-refractivity contribution in [1.29, 1.82) is 0 Å². The van der Waals surface area contributed by atoms with E-state index in [-0.39, 0.29) is 5.69 Å². The van der Waals surface area contributed by atoms with E-state index in [0.29, 0.717) is 16.6 Å². The van der Waals surface area contributed by atoms with Crippen LogP contribution in [0.3, 0.4) is 0 Å². The van der Waals surface area contributed by atoms with Crippen LogP contribution in [0.1, 0.15) is 33.1 Å². The average Bonchev–Trinajstić information content (AvgIpc) is 2.42. The molecule has 0 saturated carbocycles. The normalized spacial score (nSPS) is 10.6. The average molecular weight is 289 g/mol. The van der Waals surface area contributed by atoms with Crippen molar-refractivity contribution < 1.29 is 9.90 Å². The fraction of sp³-hybridized carbons (Fsp3) is 0.286. The van der Waals surface area contributed by atoms with Gasteiger partial charge in [-0.05, 0) is 38.5 Å². The number of carbonyl (C=O) groups is 1. The molecule has 104 valence electrons. The van der Waals surface area contributed by atoms with E-state index in [1.807, 2.05) is 20.8 Å². The fourth-order valence-corrected chi connectivity index (χ4v) is 2.46. The number of pyridine rings is 1. The predicted molar refractivity (Wildman–Crippen MR) is 77.0 cm³/mol. The van der Waals surface area contributed by atoms with Crippen molar-refractivity contribution >= 4 is 17.7 Å². The molecule has 1 N–H and O–H groups in total. The van der Waals surface area contributed by atoms with Crippen LogP contribution in [-0.4, -0.2) is 26.0 Å². The number of aromatic carboxylic acids is 1. The number of hydrogen-bond acceptors (Lipinski definition) is 5. The summed E-state index contributed by atoms with van der Waals surface area (Å²) in [4.78, 5) is 23.8. The number of aryl methyl sites for hydroxylation is 2. The predicted octanol–water partition coefficient (Wildman–Crippen LogP) is 2.79. The molecule has 0 radical (unpaired) electrons. The van der Waals surface area contributed by atoms with E-state index in [1.54, 1.807) is 12.1 Å². The molecule has 2 rings (SSSR count). The Morgan fingerprint density at radius 2 is 1.80 bits per heavy atom. The van der Waals surface area contributed by atoms with Gasteiger partial charge in [0.2, 0.25) is 0 Å². The molecule has 5 nitrogen and oxygen atoms in total. The smallest absolute Gasteiger partial charge is 0.354 e. The van der Waals surface area contributed by atoms with Gasteiger partial charge in [0.25, 0.3) is 0 Å². The van der Waals surface area contributed by atoms with Crippen LogP contribution in [0.5, 0.6) is 0 Å². The van der Waals surface area contributed by atoms with Gasteiger partial charge in [-0.15, -0.1) is 0 Å². The van der Waals surface area contributed by atoms with Gasteiger partial charge >= 0.3 is 5.97 Å². The molecule has 0 atom stereocenters. The van der Waals surface area contributed by atoms with E-state index in [9.17, 15) is 4.79 Å². The highest BCUT2D eigenvalue weighted by Gasteiger charge is 2.08. The first kappa shape index (κ1) is 14.5. The van der Waals surface area contributed by atoms with E-state index in [1.165, 1.54) is 17.8 Å². The molecule has 20 heavy (non-hydrogen) atoms. The largest absolute Gasteiger partial charge is 0.477 e. The summed E-state index contributed by atoms with van der Waals surface area (Å²) in [5.41, 5.74) is 3.79. The molecule has 2 aromatic rings. The van der Waals surface area contributed by atoms with Crippen LogP contribution in [0.25, 0.3) is 0 Å². The number of thioether (sulfide) groups is 1. The monoisotopic (exact) mass is 289 g/mol. The zero-order chi connectivity index (χ0) is 14.7. The number of hydrogen-bond donors (Lipinski definition) is 1. The van der Waals surface area contributed by atoms with Crippen molar-refractivity contribution in [2.24, 2.45) is 0 Å². The molecule has 0 fully saturated rings. The standard InChI is InChI=1S/C14H15N3O2S/c1-8-9(2)15-14(16-10(8)3)20-7-11-5-4-6-12(17-11)13(18)19/h4-6H,7H2,1-3H3,(H,18,19). The van der Waals surface area contributed by atoms with E-state index in [0.717, 1.165) is 17.0 Å². The van der Waals surface area contributed by atoms with Crippen molar-refractivity contribution in [1.82, 2.24) is 15.0 Å². The van der Waals surface area contributed by atoms with E-state index in [4.69, 9.17) is 5.11 Å². The van der Waals surface area contributed by atoms with Crippen molar-refractivity contribution in [3.8, 4) is 0 Å². The summed E-state index contributed by atoms with van der Waals surface area (Å²) in [6, 6.07) is 4.97. The first-order chi connectivity index (χ1) is 9.47. The van der Waals surface area contributed by atoms with E-state index < -0.39 is 5.97 Å². The summed E-state index contributed by atoms with van der Waals surface area (Å²) in [5, 5.41) is 9.59. The van der Waals surface area contributed by atoms with Crippen LogP contribution >= 0.6 is 11.8 Å². The van der Waals surface area contributed by atoms with Gasteiger partial charge in [0.1, 0.15) is 5.69 Å². The first-order valence-electron chi connectivity index (χ1n) is 6.11. The number of nitrogens with zero attached hydrogens (tertiary/aromatic N) is 3. The zero-order valence-electron chi connectivity index (χ0n) is 11.5. The minimum absolute atomic E-state index is 0.0558. The summed E-state index contributed by atoms with van der Waals surface area (Å²) in [6.07, 6.45) is 0. The van der Waals surface area contributed by atoms with Crippen molar-refractivity contribution in [2.45, 2.75) is 31.7 Å². The molecule has 0 aliphatic carbocycles. The quantitative estimate of drug-likeness (QED) is 0.689. The molecule has 0 aromatic carbocycles. The van der Waals surface area contributed by atoms with Crippen LogP contribution in [0, 0.1) is 20.8 Å². The highest BCUT2D eigenvalue weighted by molar-refractivity contribution is 7.98. The minimum Gasteiger partial charge on any atom is -0.477 e. The molecule has 2 aromatic heterocycles. The summed E-state index contributed by atoms with van der Waals surface area (Å²) in [5.74, 6) is -0.474. The molecular weight excluding hydrogens is 274 g/mol. The maximum Gasteiger partial charge on any atom is 0.354 e. The SMILES string of the molecule is Cc1nc(SCc2cccc(C(=O)O)n2)nc(C)c1C. The summed E-state index contributed by atoms with van der Waals surface area (Å²) >= 11 is 1.45. The molecule has 2 heterocycles. The van der Waals surface area contributed by atoms with Gasteiger partial charge in [-0.25, -0.2) is 19.7 Å². The molecule has 0 saturated heterocycles. The van der Waals surface area contributed by atoms with Gasteiger partial charge in [0.05, 0.1) is 5.69 Å². The maximum absolute atomic E-state index is 10.9. The molecule has 0 amide bonds. The lowest BCUT2D eigenvalue weighted by Gasteiger charge is -2.06. The minimum atomic E-state index is -1.02. The number of carboxylic acids is 1. The van der Waals surface area contributed by atoms with Gasteiger partial charge in [-0.2, -0.15) is 0 Å². The van der Waals surface area contributed by atoms with Gasteiger partial charge < -0.3 is 5.11 Å². The second kappa shape index (κ2) is 6.00. The summed E-state index contributed by atoms with van der Waals surface area (Å²) in [7, 11) is 0. The van der Waals surface area contributed by atoms with Crippen LogP contribution in [0.4, 0.5) is 0 Å². The first-order valence-corrected chi connectivity index (χ1v) is 7.10. The summed E-state index contributed by atoms with van der Waals surface area (Å²) < 4.78 is 0. The van der Waals surface area contributed by atoms with Crippen LogP contribution in [0.2, 0.25) is 0 Å². The summed E-state index contributed by atoms with van der Waals surface area (Å²) in [6.45, 7) is 5.91. The van der Waals surface area contributed by atoms with Gasteiger partial charge in [-0.3, -0.25) is 0 Å². The Hall–Kier alpha value is -1.95. The Bertz CT molecular complexity index is 636. The third-order valence-corrected chi connectivity index (χ3v) is 3.87. The number of rotatable bonds is 4.